The number of hydrogen-bond acceptors (Lipinski definition) is 4. The molecule has 0 fully saturated rings. The van der Waals surface area contributed by atoms with Crippen LogP contribution in [0.15, 0.2) is 6.07 Å². The molecule has 0 spiro atoms. The lowest BCUT2D eigenvalue weighted by Crippen LogP contribution is -2.04. The molecule has 0 amide bonds. The fourth-order valence-electron chi connectivity index (χ4n) is 0.697. The number of ether oxygens (including phenoxy) is 1. The highest BCUT2D eigenvalue weighted by atomic mass is 35.5. The van der Waals surface area contributed by atoms with Gasteiger partial charge < -0.3 is 10.5 Å². The average Bonchev–Trinajstić information content (AvgIpc) is 1.98. The molecular weight excluding hydrogens is 215 g/mol. The van der Waals surface area contributed by atoms with Gasteiger partial charge >= 0.3 is 5.97 Å². The number of nitrogens with zero attached hydrogens (tertiary/aromatic N) is 1. The van der Waals surface area contributed by atoms with Crippen LogP contribution in [-0.4, -0.2) is 11.0 Å². The summed E-state index contributed by atoms with van der Waals surface area (Å²) in [5.41, 5.74) is 5.67. The van der Waals surface area contributed by atoms with E-state index in [1.807, 2.05) is 0 Å². The lowest BCUT2D eigenvalue weighted by molar-refractivity contribution is -0.132. The maximum absolute atomic E-state index is 10.6. The fraction of sp³-hybridized carbons (Fsp3) is 0.143. The normalized spacial score (nSPS) is 9.77. The van der Waals surface area contributed by atoms with Crippen molar-refractivity contribution in [2.75, 3.05) is 5.73 Å². The monoisotopic (exact) mass is 220 g/mol. The summed E-state index contributed by atoms with van der Waals surface area (Å²) in [4.78, 5) is 14.3. The topological polar surface area (TPSA) is 65.2 Å². The first kappa shape index (κ1) is 10.1. The Bertz CT molecular complexity index is 355. The number of nitrogen functional groups attached to an aromatic ring is 1. The molecular formula is C7H6Cl2N2O2. The Morgan fingerprint density at radius 2 is 2.23 bits per heavy atom. The summed E-state index contributed by atoms with van der Waals surface area (Å²) in [5.74, 6) is -0.602. The number of anilines is 1. The van der Waals surface area contributed by atoms with Gasteiger partial charge in [-0.25, -0.2) is 0 Å². The summed E-state index contributed by atoms with van der Waals surface area (Å²) in [6.45, 7) is 1.23. The minimum atomic E-state index is -0.531. The third-order valence-electron chi connectivity index (χ3n) is 1.16. The summed E-state index contributed by atoms with van der Waals surface area (Å²) >= 11 is 11.3. The van der Waals surface area contributed by atoms with E-state index in [1.54, 1.807) is 0 Å². The van der Waals surface area contributed by atoms with Crippen LogP contribution in [-0.2, 0) is 4.79 Å². The first-order chi connectivity index (χ1) is 6.00. The van der Waals surface area contributed by atoms with Crippen LogP contribution in [0.4, 0.5) is 5.69 Å². The van der Waals surface area contributed by atoms with Gasteiger partial charge in [-0.05, 0) is 0 Å². The molecule has 1 heterocycles. The van der Waals surface area contributed by atoms with E-state index in [-0.39, 0.29) is 21.7 Å². The van der Waals surface area contributed by atoms with E-state index in [9.17, 15) is 4.79 Å². The molecule has 1 rings (SSSR count). The lowest BCUT2D eigenvalue weighted by atomic mass is 10.4. The van der Waals surface area contributed by atoms with Crippen molar-refractivity contribution >= 4 is 34.9 Å². The average molecular weight is 221 g/mol. The molecule has 1 aromatic heterocycles. The molecule has 0 aliphatic carbocycles. The predicted molar refractivity (Wildman–Crippen MR) is 50.0 cm³/mol. The second-order valence-corrected chi connectivity index (χ2v) is 3.01. The number of carbonyl (C=O) groups is 1. The first-order valence-corrected chi connectivity index (χ1v) is 4.06. The minimum absolute atomic E-state index is 0.0702. The van der Waals surface area contributed by atoms with Crippen LogP contribution >= 0.6 is 23.2 Å². The molecule has 0 unspecified atom stereocenters. The molecule has 0 bridgehead atoms. The molecule has 4 nitrogen and oxygen atoms in total. The standard InChI is InChI=1S/C7H6Cl2N2O2/c1-3(12)13-7-6(9)4(10)2-5(8)11-7/h2H,1H3,(H2,10,11). The number of esters is 1. The number of aromatic nitrogens is 1. The number of halogens is 2. The van der Waals surface area contributed by atoms with Gasteiger partial charge in [0, 0.05) is 13.0 Å². The molecule has 1 aromatic rings. The Morgan fingerprint density at radius 3 is 2.77 bits per heavy atom. The van der Waals surface area contributed by atoms with Gasteiger partial charge in [0.25, 0.3) is 0 Å². The molecule has 70 valence electrons. The maximum atomic E-state index is 10.6. The second-order valence-electron chi connectivity index (χ2n) is 2.25. The van der Waals surface area contributed by atoms with Crippen molar-refractivity contribution in [2.45, 2.75) is 6.92 Å². The molecule has 0 saturated heterocycles. The second kappa shape index (κ2) is 3.81. The Labute approximate surface area is 84.6 Å². The Kier molecular flexibility index (Phi) is 2.95. The van der Waals surface area contributed by atoms with Crippen LogP contribution in [0, 0.1) is 0 Å². The van der Waals surface area contributed by atoms with Gasteiger partial charge in [-0.15, -0.1) is 0 Å². The third kappa shape index (κ3) is 2.47. The minimum Gasteiger partial charge on any atom is -0.406 e. The van der Waals surface area contributed by atoms with Gasteiger partial charge in [0.15, 0.2) is 0 Å². The summed E-state index contributed by atoms with van der Waals surface area (Å²) in [6, 6.07) is 1.37. The summed E-state index contributed by atoms with van der Waals surface area (Å²) in [5, 5.41) is 0.206. The zero-order valence-corrected chi connectivity index (χ0v) is 8.19. The van der Waals surface area contributed by atoms with Crippen molar-refractivity contribution in [2.24, 2.45) is 0 Å². The molecule has 0 aliphatic rings. The van der Waals surface area contributed by atoms with Crippen LogP contribution in [0.2, 0.25) is 10.2 Å². The molecule has 0 aromatic carbocycles. The van der Waals surface area contributed by atoms with Crippen LogP contribution < -0.4 is 10.5 Å². The van der Waals surface area contributed by atoms with Gasteiger partial charge in [-0.2, -0.15) is 4.98 Å². The Morgan fingerprint density at radius 1 is 1.62 bits per heavy atom. The molecule has 0 saturated carbocycles. The summed E-state index contributed by atoms with van der Waals surface area (Å²) in [6.07, 6.45) is 0. The van der Waals surface area contributed by atoms with Crippen molar-refractivity contribution in [1.29, 1.82) is 0 Å². The highest BCUT2D eigenvalue weighted by Crippen LogP contribution is 2.30. The molecule has 6 heteroatoms. The highest BCUT2D eigenvalue weighted by molar-refractivity contribution is 6.35. The van der Waals surface area contributed by atoms with Crippen LogP contribution in [0.25, 0.3) is 0 Å². The van der Waals surface area contributed by atoms with Crippen LogP contribution in [0.3, 0.4) is 0 Å². The van der Waals surface area contributed by atoms with E-state index in [0.717, 1.165) is 0 Å². The van der Waals surface area contributed by atoms with Crippen LogP contribution in [0.1, 0.15) is 6.92 Å². The molecule has 2 N–H and O–H groups in total. The molecule has 0 aliphatic heterocycles. The number of hydrogen-bond donors (Lipinski definition) is 1. The van der Waals surface area contributed by atoms with Crippen LogP contribution in [0.5, 0.6) is 5.88 Å². The van der Waals surface area contributed by atoms with E-state index in [0.29, 0.717) is 0 Å². The van der Waals surface area contributed by atoms with Gasteiger partial charge in [-0.1, -0.05) is 23.2 Å². The summed E-state index contributed by atoms with van der Waals surface area (Å²) < 4.78 is 4.66. The zero-order valence-electron chi connectivity index (χ0n) is 6.67. The van der Waals surface area contributed by atoms with Gasteiger partial charge in [0.05, 0.1) is 5.69 Å². The first-order valence-electron chi connectivity index (χ1n) is 3.30. The molecule has 13 heavy (non-hydrogen) atoms. The number of nitrogens with two attached hydrogens (primary N) is 1. The zero-order chi connectivity index (χ0) is 10.0. The fourth-order valence-corrected chi connectivity index (χ4v) is 1.03. The van der Waals surface area contributed by atoms with E-state index in [2.05, 4.69) is 9.72 Å². The quantitative estimate of drug-likeness (QED) is 0.580. The van der Waals surface area contributed by atoms with Crippen molar-refractivity contribution < 1.29 is 9.53 Å². The van der Waals surface area contributed by atoms with Gasteiger partial charge in [-0.3, -0.25) is 4.79 Å². The van der Waals surface area contributed by atoms with E-state index < -0.39 is 5.97 Å². The predicted octanol–water partition coefficient (Wildman–Crippen LogP) is 1.90. The van der Waals surface area contributed by atoms with E-state index in [1.165, 1.54) is 13.0 Å². The molecule has 0 radical (unpaired) electrons. The Hall–Kier alpha value is -1.00. The largest absolute Gasteiger partial charge is 0.406 e. The number of rotatable bonds is 1. The van der Waals surface area contributed by atoms with Crippen molar-refractivity contribution in [1.82, 2.24) is 4.98 Å². The number of carbonyl (C=O) groups excluding carboxylic acids is 1. The number of pyridine rings is 1. The lowest BCUT2D eigenvalue weighted by Gasteiger charge is -2.04. The third-order valence-corrected chi connectivity index (χ3v) is 1.74. The maximum Gasteiger partial charge on any atom is 0.309 e. The van der Waals surface area contributed by atoms with Gasteiger partial charge in [0.2, 0.25) is 5.88 Å². The van der Waals surface area contributed by atoms with Crippen molar-refractivity contribution in [3.8, 4) is 5.88 Å². The van der Waals surface area contributed by atoms with E-state index in [4.69, 9.17) is 28.9 Å². The highest BCUT2D eigenvalue weighted by Gasteiger charge is 2.10. The smallest absolute Gasteiger partial charge is 0.309 e. The molecule has 0 atom stereocenters. The Balaban J connectivity index is 3.12. The summed E-state index contributed by atoms with van der Waals surface area (Å²) in [7, 11) is 0. The van der Waals surface area contributed by atoms with Crippen molar-refractivity contribution in [3.63, 3.8) is 0 Å². The van der Waals surface area contributed by atoms with Gasteiger partial charge in [0.1, 0.15) is 10.2 Å². The van der Waals surface area contributed by atoms with E-state index >= 15 is 0 Å². The SMILES string of the molecule is CC(=O)Oc1nc(Cl)cc(N)c1Cl. The van der Waals surface area contributed by atoms with Crippen molar-refractivity contribution in [3.05, 3.63) is 16.2 Å².